The molecule has 0 radical (unpaired) electrons. The van der Waals surface area contributed by atoms with Gasteiger partial charge in [-0.2, -0.15) is 0 Å². The summed E-state index contributed by atoms with van der Waals surface area (Å²) in [6, 6.07) is 20.7. The van der Waals surface area contributed by atoms with Crippen LogP contribution in [0.1, 0.15) is 10.4 Å². The van der Waals surface area contributed by atoms with Crippen LogP contribution in [0.5, 0.6) is 5.75 Å². The third kappa shape index (κ3) is 5.90. The summed E-state index contributed by atoms with van der Waals surface area (Å²) >= 11 is 0. The van der Waals surface area contributed by atoms with E-state index in [9.17, 15) is 19.7 Å². The van der Waals surface area contributed by atoms with Crippen molar-refractivity contribution >= 4 is 34.6 Å². The summed E-state index contributed by atoms with van der Waals surface area (Å²) < 4.78 is 10.4. The van der Waals surface area contributed by atoms with Crippen molar-refractivity contribution in [3.8, 4) is 5.75 Å². The highest BCUT2D eigenvalue weighted by atomic mass is 16.6. The van der Waals surface area contributed by atoms with Crippen LogP contribution in [0.15, 0.2) is 72.8 Å². The fraction of sp³-hybridized carbons (Fsp3) is 0.231. The van der Waals surface area contributed by atoms with Gasteiger partial charge in [-0.1, -0.05) is 18.2 Å². The van der Waals surface area contributed by atoms with Gasteiger partial charge in [0.2, 0.25) is 0 Å². The van der Waals surface area contributed by atoms with Crippen LogP contribution < -0.4 is 15.0 Å². The first kappa shape index (κ1) is 24.5. The first-order valence-electron chi connectivity index (χ1n) is 11.4. The van der Waals surface area contributed by atoms with Crippen LogP contribution in [-0.2, 0) is 9.53 Å². The van der Waals surface area contributed by atoms with E-state index in [4.69, 9.17) is 9.47 Å². The molecule has 186 valence electrons. The SMILES string of the molecule is COc1ccc(N2CCN(C(=O)COC(=O)c3ccc(Nc4ccccc4)c([N+](=O)[O-])c3)CC2)cc1. The average Bonchev–Trinajstić information content (AvgIpc) is 2.92. The van der Waals surface area contributed by atoms with Crippen molar-refractivity contribution in [2.24, 2.45) is 0 Å². The summed E-state index contributed by atoms with van der Waals surface area (Å²) in [5.74, 6) is -0.328. The van der Waals surface area contributed by atoms with Crippen LogP contribution in [0.4, 0.5) is 22.7 Å². The molecule has 1 aliphatic heterocycles. The number of nitro benzene ring substituents is 1. The summed E-state index contributed by atoms with van der Waals surface area (Å²) in [5, 5.41) is 14.5. The van der Waals surface area contributed by atoms with Gasteiger partial charge in [0.25, 0.3) is 11.6 Å². The van der Waals surface area contributed by atoms with Crippen molar-refractivity contribution < 1.29 is 24.0 Å². The van der Waals surface area contributed by atoms with Gasteiger partial charge in [0.05, 0.1) is 17.6 Å². The zero-order valence-electron chi connectivity index (χ0n) is 19.8. The minimum atomic E-state index is -0.797. The molecule has 1 N–H and O–H groups in total. The van der Waals surface area contributed by atoms with Crippen LogP contribution in [0.3, 0.4) is 0 Å². The summed E-state index contributed by atoms with van der Waals surface area (Å²) in [4.78, 5) is 39.9. The smallest absolute Gasteiger partial charge is 0.338 e. The van der Waals surface area contributed by atoms with Gasteiger partial charge in [0, 0.05) is 43.6 Å². The topological polar surface area (TPSA) is 114 Å². The van der Waals surface area contributed by atoms with Gasteiger partial charge in [0.15, 0.2) is 6.61 Å². The molecule has 3 aromatic rings. The minimum absolute atomic E-state index is 0.00237. The Morgan fingerprint density at radius 3 is 2.31 bits per heavy atom. The number of nitrogens with one attached hydrogen (secondary N) is 1. The zero-order valence-corrected chi connectivity index (χ0v) is 19.8. The van der Waals surface area contributed by atoms with E-state index >= 15 is 0 Å². The number of hydrogen-bond donors (Lipinski definition) is 1. The molecule has 0 bridgehead atoms. The molecule has 0 spiro atoms. The minimum Gasteiger partial charge on any atom is -0.497 e. The molecule has 0 atom stereocenters. The molecule has 4 rings (SSSR count). The highest BCUT2D eigenvalue weighted by Crippen LogP contribution is 2.29. The van der Waals surface area contributed by atoms with Crippen molar-refractivity contribution in [2.45, 2.75) is 0 Å². The Hall–Kier alpha value is -4.60. The number of nitro groups is 1. The van der Waals surface area contributed by atoms with Gasteiger partial charge >= 0.3 is 5.97 Å². The monoisotopic (exact) mass is 490 g/mol. The molecule has 10 nitrogen and oxygen atoms in total. The predicted molar refractivity (Wildman–Crippen MR) is 135 cm³/mol. The third-order valence-electron chi connectivity index (χ3n) is 5.88. The van der Waals surface area contributed by atoms with E-state index < -0.39 is 17.5 Å². The van der Waals surface area contributed by atoms with Crippen LogP contribution in [0, 0.1) is 10.1 Å². The maximum absolute atomic E-state index is 12.6. The predicted octanol–water partition coefficient (Wildman–Crippen LogP) is 3.85. The maximum atomic E-state index is 12.6. The van der Waals surface area contributed by atoms with Crippen molar-refractivity contribution in [1.82, 2.24) is 4.90 Å². The Bertz CT molecular complexity index is 1220. The van der Waals surface area contributed by atoms with Crippen LogP contribution in [-0.4, -0.2) is 61.6 Å². The number of hydrogen-bond acceptors (Lipinski definition) is 8. The van der Waals surface area contributed by atoms with E-state index in [0.29, 0.717) is 31.9 Å². The molecular weight excluding hydrogens is 464 g/mol. The van der Waals surface area contributed by atoms with E-state index in [1.54, 1.807) is 36.3 Å². The van der Waals surface area contributed by atoms with Crippen molar-refractivity contribution in [3.63, 3.8) is 0 Å². The molecule has 1 fully saturated rings. The Kier molecular flexibility index (Phi) is 7.64. The number of piperazine rings is 1. The number of para-hydroxylation sites is 1. The number of nitrogens with zero attached hydrogens (tertiary/aromatic N) is 3. The highest BCUT2D eigenvalue weighted by molar-refractivity contribution is 5.93. The summed E-state index contributed by atoms with van der Waals surface area (Å²) in [6.07, 6.45) is 0. The number of rotatable bonds is 8. The average molecular weight is 491 g/mol. The van der Waals surface area contributed by atoms with E-state index in [0.717, 1.165) is 17.5 Å². The maximum Gasteiger partial charge on any atom is 0.338 e. The molecule has 36 heavy (non-hydrogen) atoms. The van der Waals surface area contributed by atoms with Crippen LogP contribution >= 0.6 is 0 Å². The van der Waals surface area contributed by atoms with Crippen LogP contribution in [0.25, 0.3) is 0 Å². The van der Waals surface area contributed by atoms with Crippen LogP contribution in [0.2, 0.25) is 0 Å². The van der Waals surface area contributed by atoms with E-state index in [1.165, 1.54) is 12.1 Å². The number of anilines is 3. The summed E-state index contributed by atoms with van der Waals surface area (Å²) in [5.41, 5.74) is 1.69. The Morgan fingerprint density at radius 2 is 1.67 bits per heavy atom. The molecule has 0 saturated carbocycles. The lowest BCUT2D eigenvalue weighted by Gasteiger charge is -2.36. The molecule has 1 amide bonds. The normalized spacial score (nSPS) is 13.1. The van der Waals surface area contributed by atoms with Gasteiger partial charge in [-0.25, -0.2) is 4.79 Å². The van der Waals surface area contributed by atoms with Gasteiger partial charge in [0.1, 0.15) is 11.4 Å². The van der Waals surface area contributed by atoms with Gasteiger partial charge in [-0.15, -0.1) is 0 Å². The number of ether oxygens (including phenoxy) is 2. The lowest BCUT2D eigenvalue weighted by atomic mass is 10.1. The number of methoxy groups -OCH3 is 1. The Labute approximate surface area is 208 Å². The molecule has 0 aromatic heterocycles. The molecule has 0 aliphatic carbocycles. The summed E-state index contributed by atoms with van der Waals surface area (Å²) in [6.45, 7) is 1.85. The number of benzene rings is 3. The first-order valence-corrected chi connectivity index (χ1v) is 11.4. The molecule has 1 heterocycles. The van der Waals surface area contributed by atoms with Crippen molar-refractivity contribution in [3.05, 3.63) is 88.5 Å². The van der Waals surface area contributed by atoms with E-state index in [1.807, 2.05) is 30.3 Å². The quantitative estimate of drug-likeness (QED) is 0.288. The first-order chi connectivity index (χ1) is 17.4. The molecule has 10 heteroatoms. The number of carbonyl (C=O) groups excluding carboxylic acids is 2. The summed E-state index contributed by atoms with van der Waals surface area (Å²) in [7, 11) is 1.62. The largest absolute Gasteiger partial charge is 0.497 e. The van der Waals surface area contributed by atoms with Gasteiger partial charge < -0.3 is 24.6 Å². The van der Waals surface area contributed by atoms with E-state index in [-0.39, 0.29) is 22.8 Å². The third-order valence-corrected chi connectivity index (χ3v) is 5.88. The van der Waals surface area contributed by atoms with Gasteiger partial charge in [-0.3, -0.25) is 14.9 Å². The second-order valence-corrected chi connectivity index (χ2v) is 8.12. The Morgan fingerprint density at radius 1 is 0.972 bits per heavy atom. The lowest BCUT2D eigenvalue weighted by molar-refractivity contribution is -0.383. The molecule has 3 aromatic carbocycles. The number of amides is 1. The number of carbonyl (C=O) groups is 2. The van der Waals surface area contributed by atoms with Crippen molar-refractivity contribution in [2.75, 3.05) is 50.1 Å². The van der Waals surface area contributed by atoms with E-state index in [2.05, 4.69) is 10.2 Å². The second kappa shape index (κ2) is 11.2. The molecule has 1 saturated heterocycles. The fourth-order valence-corrected chi connectivity index (χ4v) is 3.90. The zero-order chi connectivity index (χ0) is 25.5. The standard InChI is InChI=1S/C26H26N4O6/c1-35-22-10-8-21(9-11-22)28-13-15-29(16-14-28)25(31)18-36-26(32)19-7-12-23(24(17-19)30(33)34)27-20-5-3-2-4-6-20/h2-12,17,27H,13-16,18H2,1H3. The molecule has 1 aliphatic rings. The number of esters is 1. The molecule has 0 unspecified atom stereocenters. The lowest BCUT2D eigenvalue weighted by Crippen LogP contribution is -2.49. The van der Waals surface area contributed by atoms with Gasteiger partial charge in [-0.05, 0) is 48.5 Å². The highest BCUT2D eigenvalue weighted by Gasteiger charge is 2.24. The van der Waals surface area contributed by atoms with Crippen molar-refractivity contribution in [1.29, 1.82) is 0 Å². The molecular formula is C26H26N4O6. The Balaban J connectivity index is 1.31. The fourth-order valence-electron chi connectivity index (χ4n) is 3.90. The second-order valence-electron chi connectivity index (χ2n) is 8.12.